The maximum absolute atomic E-state index is 2.35. The summed E-state index contributed by atoms with van der Waals surface area (Å²) in [6.07, 6.45) is 11.1. The highest BCUT2D eigenvalue weighted by atomic mass is 14.3. The molecule has 0 saturated carbocycles. The molecule has 0 unspecified atom stereocenters. The zero-order chi connectivity index (χ0) is 11.7. The van der Waals surface area contributed by atoms with Crippen molar-refractivity contribution < 1.29 is 0 Å². The minimum absolute atomic E-state index is 0.429. The first-order valence-electron chi connectivity index (χ1n) is 6.87. The van der Waals surface area contributed by atoms with E-state index in [0.717, 1.165) is 0 Å². The molecule has 0 aromatic rings. The fourth-order valence-corrected chi connectivity index (χ4v) is 2.20. The van der Waals surface area contributed by atoms with Crippen LogP contribution in [0.3, 0.4) is 0 Å². The highest BCUT2D eigenvalue weighted by Gasteiger charge is 2.22. The Kier molecular flexibility index (Phi) is 8.19. The first-order chi connectivity index (χ1) is 7.02. The van der Waals surface area contributed by atoms with Crippen LogP contribution >= 0.6 is 0 Å². The van der Waals surface area contributed by atoms with Crippen molar-refractivity contribution in [3.05, 3.63) is 5.92 Å². The molecule has 0 aromatic carbocycles. The van der Waals surface area contributed by atoms with Crippen LogP contribution in [0.15, 0.2) is 0 Å². The van der Waals surface area contributed by atoms with Gasteiger partial charge in [0.15, 0.2) is 0 Å². The van der Waals surface area contributed by atoms with Gasteiger partial charge in [0.2, 0.25) is 0 Å². The van der Waals surface area contributed by atoms with E-state index in [0.29, 0.717) is 5.41 Å². The Morgan fingerprint density at radius 1 is 0.800 bits per heavy atom. The summed E-state index contributed by atoms with van der Waals surface area (Å²) in [6, 6.07) is 0. The van der Waals surface area contributed by atoms with Gasteiger partial charge in [0.1, 0.15) is 0 Å². The third kappa shape index (κ3) is 7.88. The van der Waals surface area contributed by atoms with E-state index in [1.165, 1.54) is 51.4 Å². The molecule has 15 heavy (non-hydrogen) atoms. The van der Waals surface area contributed by atoms with E-state index in [-0.39, 0.29) is 0 Å². The molecule has 0 bridgehead atoms. The summed E-state index contributed by atoms with van der Waals surface area (Å²) in [6.45, 7) is 11.6. The van der Waals surface area contributed by atoms with Gasteiger partial charge in [-0.3, -0.25) is 0 Å². The number of rotatable bonds is 8. The summed E-state index contributed by atoms with van der Waals surface area (Å²) in [5, 5.41) is 0. The minimum Gasteiger partial charge on any atom is -0.0654 e. The Morgan fingerprint density at radius 3 is 1.80 bits per heavy atom. The van der Waals surface area contributed by atoms with Crippen molar-refractivity contribution in [3.63, 3.8) is 0 Å². The van der Waals surface area contributed by atoms with Crippen molar-refractivity contribution in [1.29, 1.82) is 0 Å². The lowest BCUT2D eigenvalue weighted by atomic mass is 9.76. The molecule has 0 aromatic heterocycles. The number of hydrogen-bond acceptors (Lipinski definition) is 0. The molecule has 0 heteroatoms. The lowest BCUT2D eigenvalue weighted by Crippen LogP contribution is -2.17. The van der Waals surface area contributed by atoms with Crippen LogP contribution in [-0.4, -0.2) is 0 Å². The van der Waals surface area contributed by atoms with Crippen molar-refractivity contribution >= 4 is 0 Å². The summed E-state index contributed by atoms with van der Waals surface area (Å²) >= 11 is 0. The fraction of sp³-hybridized carbons (Fsp3) is 0.933. The third-order valence-electron chi connectivity index (χ3n) is 3.32. The molecule has 0 aliphatic carbocycles. The minimum atomic E-state index is 0.429. The molecule has 0 fully saturated rings. The van der Waals surface area contributed by atoms with E-state index in [2.05, 4.69) is 34.6 Å². The predicted molar refractivity (Wildman–Crippen MR) is 71.0 cm³/mol. The predicted octanol–water partition coefficient (Wildman–Crippen LogP) is 5.77. The van der Waals surface area contributed by atoms with Crippen LogP contribution in [0.4, 0.5) is 0 Å². The van der Waals surface area contributed by atoms with E-state index in [4.69, 9.17) is 0 Å². The molecule has 1 radical (unpaired) electrons. The van der Waals surface area contributed by atoms with Crippen LogP contribution < -0.4 is 0 Å². The molecule has 0 N–H and O–H groups in total. The van der Waals surface area contributed by atoms with E-state index in [9.17, 15) is 0 Å². The molecule has 0 saturated heterocycles. The molecular weight excluding hydrogens is 180 g/mol. The van der Waals surface area contributed by atoms with Gasteiger partial charge < -0.3 is 0 Å². The summed E-state index contributed by atoms with van der Waals surface area (Å²) in [5.74, 6) is 1.75. The SMILES string of the molecule is CCCCCCCC[C](CC)C(C)(C)C. The highest BCUT2D eigenvalue weighted by Crippen LogP contribution is 2.34. The Labute approximate surface area is 97.8 Å². The van der Waals surface area contributed by atoms with Gasteiger partial charge in [0.05, 0.1) is 0 Å². The van der Waals surface area contributed by atoms with E-state index >= 15 is 0 Å². The van der Waals surface area contributed by atoms with E-state index in [1.54, 1.807) is 5.92 Å². The topological polar surface area (TPSA) is 0 Å². The summed E-state index contributed by atoms with van der Waals surface area (Å²) in [7, 11) is 0. The van der Waals surface area contributed by atoms with Gasteiger partial charge in [-0.15, -0.1) is 0 Å². The smallest absolute Gasteiger partial charge is 0.0190 e. The second-order valence-corrected chi connectivity index (χ2v) is 5.72. The average molecular weight is 211 g/mol. The molecule has 0 spiro atoms. The number of unbranched alkanes of at least 4 members (excludes halogenated alkanes) is 5. The Morgan fingerprint density at radius 2 is 1.33 bits per heavy atom. The van der Waals surface area contributed by atoms with E-state index < -0.39 is 0 Å². The monoisotopic (exact) mass is 211 g/mol. The molecule has 0 heterocycles. The molecule has 0 aliphatic rings. The lowest BCUT2D eigenvalue weighted by molar-refractivity contribution is 0.380. The van der Waals surface area contributed by atoms with Gasteiger partial charge in [-0.2, -0.15) is 0 Å². The molecule has 0 amide bonds. The second kappa shape index (κ2) is 8.19. The summed E-state index contributed by atoms with van der Waals surface area (Å²) < 4.78 is 0. The first kappa shape index (κ1) is 15.0. The Balaban J connectivity index is 3.48. The lowest BCUT2D eigenvalue weighted by Gasteiger charge is -2.29. The molecule has 0 nitrogen and oxygen atoms in total. The van der Waals surface area contributed by atoms with Gasteiger partial charge in [-0.25, -0.2) is 0 Å². The number of hydrogen-bond donors (Lipinski definition) is 0. The van der Waals surface area contributed by atoms with Gasteiger partial charge >= 0.3 is 0 Å². The largest absolute Gasteiger partial charge is 0.0654 e. The van der Waals surface area contributed by atoms with Crippen LogP contribution in [0.1, 0.15) is 86.0 Å². The van der Waals surface area contributed by atoms with Crippen LogP contribution in [-0.2, 0) is 0 Å². The van der Waals surface area contributed by atoms with Crippen molar-refractivity contribution in [2.45, 2.75) is 86.0 Å². The van der Waals surface area contributed by atoms with Crippen LogP contribution in [0.25, 0.3) is 0 Å². The maximum atomic E-state index is 2.35. The van der Waals surface area contributed by atoms with Gasteiger partial charge in [0, 0.05) is 0 Å². The molecule has 0 rings (SSSR count). The van der Waals surface area contributed by atoms with Crippen molar-refractivity contribution in [2.24, 2.45) is 5.41 Å². The van der Waals surface area contributed by atoms with Crippen molar-refractivity contribution in [3.8, 4) is 0 Å². The van der Waals surface area contributed by atoms with Crippen molar-refractivity contribution in [2.75, 3.05) is 0 Å². The maximum Gasteiger partial charge on any atom is -0.0190 e. The molecule has 0 atom stereocenters. The van der Waals surface area contributed by atoms with Gasteiger partial charge in [0.25, 0.3) is 0 Å². The van der Waals surface area contributed by atoms with E-state index in [1.807, 2.05) is 0 Å². The molecule has 91 valence electrons. The average Bonchev–Trinajstić information content (AvgIpc) is 2.15. The Hall–Kier alpha value is 0. The van der Waals surface area contributed by atoms with Gasteiger partial charge in [-0.1, -0.05) is 73.1 Å². The van der Waals surface area contributed by atoms with Crippen molar-refractivity contribution in [1.82, 2.24) is 0 Å². The quantitative estimate of drug-likeness (QED) is 0.447. The van der Waals surface area contributed by atoms with Crippen LogP contribution in [0, 0.1) is 11.3 Å². The summed E-state index contributed by atoms with van der Waals surface area (Å²) in [5.41, 5.74) is 0.429. The molecule has 0 aliphatic heterocycles. The zero-order valence-corrected chi connectivity index (χ0v) is 11.7. The normalized spacial score (nSPS) is 12.4. The van der Waals surface area contributed by atoms with Crippen LogP contribution in [0.2, 0.25) is 0 Å². The zero-order valence-electron chi connectivity index (χ0n) is 11.7. The fourth-order valence-electron chi connectivity index (χ4n) is 2.20. The van der Waals surface area contributed by atoms with Crippen LogP contribution in [0.5, 0.6) is 0 Å². The molecular formula is C15H31. The van der Waals surface area contributed by atoms with Gasteiger partial charge in [-0.05, 0) is 24.2 Å². The summed E-state index contributed by atoms with van der Waals surface area (Å²) in [4.78, 5) is 0. The third-order valence-corrected chi connectivity index (χ3v) is 3.32. The Bertz CT molecular complexity index is 129. The standard InChI is InChI=1S/C15H31/c1-6-8-9-10-11-12-13-14(7-2)15(3,4)5/h6-13H2,1-5H3. The first-order valence-corrected chi connectivity index (χ1v) is 6.87. The highest BCUT2D eigenvalue weighted by molar-refractivity contribution is 4.99. The second-order valence-electron chi connectivity index (χ2n) is 5.72.